The van der Waals surface area contributed by atoms with E-state index in [0.29, 0.717) is 23.8 Å². The van der Waals surface area contributed by atoms with Crippen molar-refractivity contribution in [2.45, 2.75) is 0 Å². The Labute approximate surface area is 142 Å². The van der Waals surface area contributed by atoms with Gasteiger partial charge in [0.15, 0.2) is 0 Å². The predicted molar refractivity (Wildman–Crippen MR) is 103 cm³/mol. The molecule has 0 fully saturated rings. The summed E-state index contributed by atoms with van der Waals surface area (Å²) in [5, 5.41) is 0. The molecular weight excluding hydrogens is 369 g/mol. The molecule has 1 rings (SSSR count). The summed E-state index contributed by atoms with van der Waals surface area (Å²) < 4.78 is 0. The quantitative estimate of drug-likeness (QED) is 0.270. The van der Waals surface area contributed by atoms with Crippen molar-refractivity contribution in [2.75, 3.05) is 60.0 Å². The second kappa shape index (κ2) is 27.7. The van der Waals surface area contributed by atoms with Crippen LogP contribution in [-0.2, 0) is 21.1 Å². The van der Waals surface area contributed by atoms with E-state index in [4.69, 9.17) is 0 Å². The van der Waals surface area contributed by atoms with Crippen LogP contribution in [0.15, 0.2) is 24.3 Å². The molecule has 0 aromatic carbocycles. The standard InChI is InChI=1S/C5H5.3C3H9P.CH3.Mo/c1-2-4-5-3-1;3*1-4(2)3;;/h1-5H;3*1-3H3;1H3;/q;;;;-1;. The Morgan fingerprint density at radius 3 is 0.684 bits per heavy atom. The topological polar surface area (TPSA) is 0 Å². The third kappa shape index (κ3) is 142. The van der Waals surface area contributed by atoms with Gasteiger partial charge in [-0.05, 0) is 60.0 Å². The second-order valence-electron chi connectivity index (χ2n) is 4.99. The van der Waals surface area contributed by atoms with E-state index in [2.05, 4.69) is 60.0 Å². The fraction of sp³-hybridized carbons (Fsp3) is 0.600. The molecule has 1 aliphatic rings. The Hall–Kier alpha value is 1.46. The number of allylic oxidation sites excluding steroid dienone is 4. The first-order valence-corrected chi connectivity index (χ1v) is 13.7. The molecule has 0 bridgehead atoms. The number of hydrogen-bond acceptors (Lipinski definition) is 0. The molecule has 0 N–H and O–H groups in total. The van der Waals surface area contributed by atoms with E-state index in [1.807, 2.05) is 30.7 Å². The van der Waals surface area contributed by atoms with Crippen molar-refractivity contribution in [3.05, 3.63) is 38.2 Å². The van der Waals surface area contributed by atoms with E-state index in [-0.39, 0.29) is 28.5 Å². The molecule has 1 aliphatic carbocycles. The average molecular weight is 404 g/mol. The first-order valence-electron chi connectivity index (χ1n) is 5.69. The summed E-state index contributed by atoms with van der Waals surface area (Å²) in [6.45, 7) is 20.1. The van der Waals surface area contributed by atoms with Gasteiger partial charge in [-0.25, -0.2) is 0 Å². The molecule has 0 atom stereocenters. The maximum atomic E-state index is 2.23. The van der Waals surface area contributed by atoms with Crippen LogP contribution in [0.2, 0.25) is 0 Å². The van der Waals surface area contributed by atoms with Gasteiger partial charge in [-0.15, -0.1) is 23.8 Å². The van der Waals surface area contributed by atoms with Gasteiger partial charge in [0, 0.05) is 27.5 Å². The first kappa shape index (κ1) is 32.4. The van der Waals surface area contributed by atoms with Gasteiger partial charge in [0.2, 0.25) is 0 Å². The van der Waals surface area contributed by atoms with Crippen molar-refractivity contribution >= 4 is 23.8 Å². The van der Waals surface area contributed by atoms with E-state index >= 15 is 0 Å². The zero-order chi connectivity index (χ0) is 14.3. The van der Waals surface area contributed by atoms with Gasteiger partial charge in [0.05, 0.1) is 0 Å². The summed E-state index contributed by atoms with van der Waals surface area (Å²) in [5.74, 6) is 0. The van der Waals surface area contributed by atoms with E-state index in [1.54, 1.807) is 0 Å². The van der Waals surface area contributed by atoms with E-state index in [1.165, 1.54) is 0 Å². The largest absolute Gasteiger partial charge is 0.358 e. The Morgan fingerprint density at radius 2 is 0.632 bits per heavy atom. The normalized spacial score (nSPS) is 10.3. The molecule has 117 valence electrons. The minimum atomic E-state index is 0. The van der Waals surface area contributed by atoms with Crippen LogP contribution in [0.25, 0.3) is 0 Å². The molecule has 19 heavy (non-hydrogen) atoms. The number of rotatable bonds is 0. The summed E-state index contributed by atoms with van der Waals surface area (Å²) in [6, 6.07) is 0. The van der Waals surface area contributed by atoms with Crippen LogP contribution in [0.4, 0.5) is 0 Å². The molecule has 0 aliphatic heterocycles. The summed E-state index contributed by atoms with van der Waals surface area (Å²) in [5.41, 5.74) is 0. The van der Waals surface area contributed by atoms with Crippen LogP contribution in [0.5, 0.6) is 0 Å². The Bertz CT molecular complexity index is 144. The monoisotopic (exact) mass is 406 g/mol. The zero-order valence-corrected chi connectivity index (χ0v) is 19.3. The van der Waals surface area contributed by atoms with Gasteiger partial charge in [-0.3, -0.25) is 0 Å². The SMILES string of the molecule is CP(C)C.CP(C)C.CP(C)C.[CH3-].[CH]1C=CC=C1.[Mo]. The van der Waals surface area contributed by atoms with Crippen molar-refractivity contribution in [1.82, 2.24) is 0 Å². The van der Waals surface area contributed by atoms with Gasteiger partial charge in [-0.1, -0.05) is 24.3 Å². The maximum absolute atomic E-state index is 2.23. The fourth-order valence-electron chi connectivity index (χ4n) is 0.321. The zero-order valence-electron chi connectivity index (χ0n) is 14.6. The summed E-state index contributed by atoms with van der Waals surface area (Å²) in [7, 11) is 1.14. The van der Waals surface area contributed by atoms with Gasteiger partial charge in [0.25, 0.3) is 0 Å². The molecule has 1 radical (unpaired) electrons. The van der Waals surface area contributed by atoms with Crippen LogP contribution in [-0.4, -0.2) is 60.0 Å². The van der Waals surface area contributed by atoms with Crippen LogP contribution in [0, 0.1) is 13.8 Å². The first-order chi connectivity index (χ1) is 7.70. The second-order valence-corrected chi connectivity index (χ2v) is 13.0. The Kier molecular flexibility index (Phi) is 47.3. The van der Waals surface area contributed by atoms with E-state index in [0.717, 1.165) is 0 Å². The smallest absolute Gasteiger partial charge is 0.00506 e. The predicted octanol–water partition coefficient (Wildman–Crippen LogP) is 5.84. The van der Waals surface area contributed by atoms with Crippen LogP contribution in [0.3, 0.4) is 0 Å². The Morgan fingerprint density at radius 1 is 0.474 bits per heavy atom. The van der Waals surface area contributed by atoms with Crippen molar-refractivity contribution in [1.29, 1.82) is 0 Å². The molecule has 4 heteroatoms. The molecule has 0 saturated heterocycles. The molecule has 0 heterocycles. The molecule has 0 amide bonds. The molecule has 0 unspecified atom stereocenters. The van der Waals surface area contributed by atoms with Gasteiger partial charge >= 0.3 is 0 Å². The van der Waals surface area contributed by atoms with E-state index < -0.39 is 0 Å². The summed E-state index contributed by atoms with van der Waals surface area (Å²) in [6.07, 6.45) is 10.0. The summed E-state index contributed by atoms with van der Waals surface area (Å²) >= 11 is 0. The van der Waals surface area contributed by atoms with Crippen LogP contribution in [0.1, 0.15) is 0 Å². The third-order valence-corrected chi connectivity index (χ3v) is 0.556. The number of hydrogen-bond donors (Lipinski definition) is 0. The van der Waals surface area contributed by atoms with Gasteiger partial charge < -0.3 is 7.43 Å². The van der Waals surface area contributed by atoms with Gasteiger partial charge in [0.1, 0.15) is 0 Å². The molecule has 0 spiro atoms. The minimum absolute atomic E-state index is 0. The molecule has 0 aromatic heterocycles. The minimum Gasteiger partial charge on any atom is -0.358 e. The molecule has 0 aromatic rings. The van der Waals surface area contributed by atoms with Crippen molar-refractivity contribution in [3.63, 3.8) is 0 Å². The van der Waals surface area contributed by atoms with Crippen molar-refractivity contribution in [3.8, 4) is 0 Å². The summed E-state index contributed by atoms with van der Waals surface area (Å²) in [4.78, 5) is 0. The molecule has 0 nitrogen and oxygen atoms in total. The van der Waals surface area contributed by atoms with E-state index in [9.17, 15) is 0 Å². The van der Waals surface area contributed by atoms with Crippen molar-refractivity contribution in [2.24, 2.45) is 0 Å². The fourth-order valence-corrected chi connectivity index (χ4v) is 0.321. The Balaban J connectivity index is -0.0000000447. The average Bonchev–Trinajstić information content (AvgIpc) is 2.53. The maximum Gasteiger partial charge on any atom is 0.00506 e. The molecular formula is C15H35MoP3-. The molecule has 0 saturated carbocycles. The van der Waals surface area contributed by atoms with Crippen LogP contribution < -0.4 is 0 Å². The van der Waals surface area contributed by atoms with Crippen molar-refractivity contribution < 1.29 is 21.1 Å². The van der Waals surface area contributed by atoms with Gasteiger partial charge in [-0.2, -0.15) is 0 Å². The van der Waals surface area contributed by atoms with Crippen LogP contribution >= 0.6 is 23.8 Å². The third-order valence-electron chi connectivity index (χ3n) is 0.556.